The van der Waals surface area contributed by atoms with Crippen LogP contribution in [0.1, 0.15) is 49.9 Å². The van der Waals surface area contributed by atoms with Crippen LogP contribution in [0.5, 0.6) is 0 Å². The molecule has 2 nitrogen and oxygen atoms in total. The number of hydrogen-bond acceptors (Lipinski definition) is 2. The van der Waals surface area contributed by atoms with Crippen molar-refractivity contribution in [3.8, 4) is 11.3 Å². The summed E-state index contributed by atoms with van der Waals surface area (Å²) >= 11 is 0. The SMILES string of the molecule is CC1(C)c2cc(N(c3ccccc3)c3ccccc3)ccc2C(C)(C)c2c(-c3ccc4ccccc4n3)cccc21. The Hall–Kier alpha value is -4.69. The topological polar surface area (TPSA) is 16.1 Å². The quantitative estimate of drug-likeness (QED) is 0.225. The van der Waals surface area contributed by atoms with Crippen LogP contribution >= 0.6 is 0 Å². The maximum absolute atomic E-state index is 5.12. The van der Waals surface area contributed by atoms with Gasteiger partial charge in [0.2, 0.25) is 0 Å². The van der Waals surface area contributed by atoms with E-state index in [0.717, 1.165) is 22.6 Å². The minimum atomic E-state index is -0.201. The predicted molar refractivity (Wildman–Crippen MR) is 173 cm³/mol. The molecule has 2 heteroatoms. The molecule has 1 aliphatic rings. The Labute approximate surface area is 243 Å². The van der Waals surface area contributed by atoms with Crippen LogP contribution in [0.4, 0.5) is 17.1 Å². The molecule has 0 aliphatic heterocycles. The normalized spacial score (nSPS) is 14.7. The van der Waals surface area contributed by atoms with E-state index in [1.807, 2.05) is 0 Å². The first-order valence-corrected chi connectivity index (χ1v) is 14.4. The number of rotatable bonds is 4. The molecular formula is C39H34N2. The van der Waals surface area contributed by atoms with Crippen molar-refractivity contribution in [2.45, 2.75) is 38.5 Å². The van der Waals surface area contributed by atoms with E-state index >= 15 is 0 Å². The Morgan fingerprint density at radius 1 is 0.488 bits per heavy atom. The monoisotopic (exact) mass is 530 g/mol. The molecule has 0 N–H and O–H groups in total. The molecule has 7 rings (SSSR count). The van der Waals surface area contributed by atoms with Crippen molar-refractivity contribution < 1.29 is 0 Å². The third kappa shape index (κ3) is 4.05. The van der Waals surface area contributed by atoms with E-state index in [1.54, 1.807) is 0 Å². The first kappa shape index (κ1) is 25.3. The van der Waals surface area contributed by atoms with Crippen LogP contribution < -0.4 is 4.90 Å². The summed E-state index contributed by atoms with van der Waals surface area (Å²) in [7, 11) is 0. The highest BCUT2D eigenvalue weighted by Gasteiger charge is 2.43. The predicted octanol–water partition coefficient (Wildman–Crippen LogP) is 10.3. The van der Waals surface area contributed by atoms with Gasteiger partial charge in [-0.1, -0.05) is 113 Å². The van der Waals surface area contributed by atoms with Gasteiger partial charge in [-0.15, -0.1) is 0 Å². The molecule has 200 valence electrons. The van der Waals surface area contributed by atoms with Crippen molar-refractivity contribution in [2.24, 2.45) is 0 Å². The Bertz CT molecular complexity index is 1850. The smallest absolute Gasteiger partial charge is 0.0712 e. The van der Waals surface area contributed by atoms with Gasteiger partial charge in [-0.25, -0.2) is 4.98 Å². The third-order valence-corrected chi connectivity index (χ3v) is 8.87. The van der Waals surface area contributed by atoms with Gasteiger partial charge in [0.05, 0.1) is 11.2 Å². The van der Waals surface area contributed by atoms with Gasteiger partial charge in [-0.2, -0.15) is 0 Å². The van der Waals surface area contributed by atoms with Crippen molar-refractivity contribution in [2.75, 3.05) is 4.90 Å². The van der Waals surface area contributed by atoms with E-state index in [-0.39, 0.29) is 10.8 Å². The first-order valence-electron chi connectivity index (χ1n) is 14.4. The van der Waals surface area contributed by atoms with Gasteiger partial charge in [-0.05, 0) is 70.8 Å². The summed E-state index contributed by atoms with van der Waals surface area (Å²) in [5.74, 6) is 0. The van der Waals surface area contributed by atoms with Gasteiger partial charge in [0.25, 0.3) is 0 Å². The van der Waals surface area contributed by atoms with Crippen LogP contribution in [0.15, 0.2) is 133 Å². The van der Waals surface area contributed by atoms with E-state index in [0.29, 0.717) is 0 Å². The fourth-order valence-electron chi connectivity index (χ4n) is 6.79. The molecule has 1 aromatic heterocycles. The van der Waals surface area contributed by atoms with Gasteiger partial charge in [-0.3, -0.25) is 0 Å². The fourth-order valence-corrected chi connectivity index (χ4v) is 6.79. The average molecular weight is 531 g/mol. The number of anilines is 3. The average Bonchev–Trinajstić information content (AvgIpc) is 3.01. The summed E-state index contributed by atoms with van der Waals surface area (Å²) in [4.78, 5) is 7.48. The van der Waals surface area contributed by atoms with Crippen LogP contribution in [0.3, 0.4) is 0 Å². The van der Waals surface area contributed by atoms with Gasteiger partial charge in [0.1, 0.15) is 0 Å². The first-order chi connectivity index (χ1) is 19.9. The molecule has 41 heavy (non-hydrogen) atoms. The molecule has 0 fully saturated rings. The minimum Gasteiger partial charge on any atom is -0.310 e. The van der Waals surface area contributed by atoms with Crippen LogP contribution in [-0.2, 0) is 10.8 Å². The van der Waals surface area contributed by atoms with E-state index in [1.165, 1.54) is 38.9 Å². The summed E-state index contributed by atoms with van der Waals surface area (Å²) < 4.78 is 0. The molecule has 0 saturated carbocycles. The van der Waals surface area contributed by atoms with Crippen LogP contribution in [0.2, 0.25) is 0 Å². The zero-order valence-electron chi connectivity index (χ0n) is 24.1. The lowest BCUT2D eigenvalue weighted by atomic mass is 9.58. The van der Waals surface area contributed by atoms with Crippen molar-refractivity contribution in [1.29, 1.82) is 0 Å². The summed E-state index contributed by atoms with van der Waals surface area (Å²) in [5.41, 5.74) is 11.8. The van der Waals surface area contributed by atoms with E-state index < -0.39 is 0 Å². The molecular weight excluding hydrogens is 496 g/mol. The minimum absolute atomic E-state index is 0.192. The summed E-state index contributed by atoms with van der Waals surface area (Å²) in [6, 6.07) is 47.9. The lowest BCUT2D eigenvalue weighted by Gasteiger charge is -2.45. The van der Waals surface area contributed by atoms with Gasteiger partial charge in [0, 0.05) is 38.8 Å². The molecule has 0 atom stereocenters. The summed E-state index contributed by atoms with van der Waals surface area (Å²) in [6.45, 7) is 9.49. The number of para-hydroxylation sites is 3. The molecule has 0 unspecified atom stereocenters. The Balaban J connectivity index is 1.41. The maximum Gasteiger partial charge on any atom is 0.0712 e. The second-order valence-electron chi connectivity index (χ2n) is 12.1. The fraction of sp³-hybridized carbons (Fsp3) is 0.154. The highest BCUT2D eigenvalue weighted by Crippen LogP contribution is 2.53. The summed E-state index contributed by atoms with van der Waals surface area (Å²) in [5, 5.41) is 1.17. The lowest BCUT2D eigenvalue weighted by Crippen LogP contribution is -2.37. The molecule has 0 radical (unpaired) electrons. The Morgan fingerprint density at radius 2 is 1.15 bits per heavy atom. The van der Waals surface area contributed by atoms with Crippen molar-refractivity contribution >= 4 is 28.0 Å². The molecule has 0 amide bonds. The van der Waals surface area contributed by atoms with Crippen molar-refractivity contribution in [3.05, 3.63) is 156 Å². The van der Waals surface area contributed by atoms with Crippen LogP contribution in [0, 0.1) is 0 Å². The van der Waals surface area contributed by atoms with Crippen LogP contribution in [-0.4, -0.2) is 4.98 Å². The molecule has 1 heterocycles. The maximum atomic E-state index is 5.12. The molecule has 0 bridgehead atoms. The summed E-state index contributed by atoms with van der Waals surface area (Å²) in [6.07, 6.45) is 0. The zero-order chi connectivity index (χ0) is 28.2. The molecule has 1 aliphatic carbocycles. The lowest BCUT2D eigenvalue weighted by molar-refractivity contribution is 0.522. The number of nitrogens with zero attached hydrogens (tertiary/aromatic N) is 2. The zero-order valence-corrected chi connectivity index (χ0v) is 24.1. The van der Waals surface area contributed by atoms with Crippen LogP contribution in [0.25, 0.3) is 22.2 Å². The molecule has 0 spiro atoms. The van der Waals surface area contributed by atoms with Gasteiger partial charge >= 0.3 is 0 Å². The van der Waals surface area contributed by atoms with Crippen molar-refractivity contribution in [1.82, 2.24) is 4.98 Å². The highest BCUT2D eigenvalue weighted by molar-refractivity contribution is 5.84. The standard InChI is InChI=1S/C39H34N2/c1-38(2)33-20-13-19-31(36-25-22-27-14-11-12-21-35(27)40-36)37(33)39(3,4)32-24-23-30(26-34(32)38)41(28-15-7-5-8-16-28)29-17-9-6-10-18-29/h5-26H,1-4H3. The highest BCUT2D eigenvalue weighted by atomic mass is 15.1. The van der Waals surface area contributed by atoms with Gasteiger partial charge < -0.3 is 4.90 Å². The number of pyridine rings is 1. The van der Waals surface area contributed by atoms with E-state index in [4.69, 9.17) is 4.98 Å². The molecule has 6 aromatic rings. The van der Waals surface area contributed by atoms with E-state index in [9.17, 15) is 0 Å². The van der Waals surface area contributed by atoms with Crippen molar-refractivity contribution in [3.63, 3.8) is 0 Å². The number of benzene rings is 5. The number of fused-ring (bicyclic) bond motifs is 3. The Kier molecular flexibility index (Phi) is 5.83. The molecule has 5 aromatic carbocycles. The number of hydrogen-bond donors (Lipinski definition) is 0. The third-order valence-electron chi connectivity index (χ3n) is 8.87. The largest absolute Gasteiger partial charge is 0.310 e. The molecule has 0 saturated heterocycles. The second-order valence-corrected chi connectivity index (χ2v) is 12.1. The Morgan fingerprint density at radius 3 is 1.85 bits per heavy atom. The second kappa shape index (κ2) is 9.45. The van der Waals surface area contributed by atoms with Gasteiger partial charge in [0.15, 0.2) is 0 Å². The number of aromatic nitrogens is 1. The van der Waals surface area contributed by atoms with E-state index in [2.05, 4.69) is 166 Å².